The molecule has 2 aliphatic carbocycles. The molecule has 13 nitrogen and oxygen atoms in total. The number of halogens is 2. The Morgan fingerprint density at radius 1 is 0.701 bits per heavy atom. The molecule has 0 saturated heterocycles. The number of aryl methyl sites for hydroxylation is 2. The first-order chi connectivity index (χ1) is 31.6. The molecule has 2 aromatic heterocycles. The van der Waals surface area contributed by atoms with Crippen molar-refractivity contribution in [3.63, 3.8) is 0 Å². The Morgan fingerprint density at radius 3 is 1.61 bits per heavy atom. The van der Waals surface area contributed by atoms with Crippen molar-refractivity contribution in [1.29, 1.82) is 0 Å². The van der Waals surface area contributed by atoms with Crippen molar-refractivity contribution >= 4 is 81.3 Å². The van der Waals surface area contributed by atoms with Crippen LogP contribution in [0, 0.1) is 23.7 Å². The van der Waals surface area contributed by atoms with Crippen LogP contribution in [0.3, 0.4) is 0 Å². The van der Waals surface area contributed by atoms with Gasteiger partial charge >= 0.3 is 23.9 Å². The molecule has 2 heterocycles. The summed E-state index contributed by atoms with van der Waals surface area (Å²) in [6.45, 7) is 5.63. The Kier molecular flexibility index (Phi) is 24.6. The van der Waals surface area contributed by atoms with E-state index in [2.05, 4.69) is 4.74 Å². The van der Waals surface area contributed by atoms with Crippen molar-refractivity contribution < 1.29 is 62.7 Å². The quantitative estimate of drug-likeness (QED) is 0.0629. The molecule has 2 unspecified atom stereocenters. The number of carbonyl (C=O) groups excluding carboxylic acids is 5. The van der Waals surface area contributed by atoms with E-state index >= 15 is 0 Å². The summed E-state index contributed by atoms with van der Waals surface area (Å²) in [6.07, 6.45) is 8.30. The number of aliphatic hydroxyl groups is 1. The minimum Gasteiger partial charge on any atom is -0.493 e. The van der Waals surface area contributed by atoms with E-state index in [0.717, 1.165) is 66.7 Å². The van der Waals surface area contributed by atoms with Gasteiger partial charge in [0.15, 0.2) is 0 Å². The van der Waals surface area contributed by atoms with Crippen LogP contribution in [0.4, 0.5) is 0 Å². The highest BCUT2D eigenvalue weighted by Crippen LogP contribution is 2.36. The van der Waals surface area contributed by atoms with Gasteiger partial charge in [-0.3, -0.25) is 19.2 Å². The number of ketones is 2. The zero-order valence-electron chi connectivity index (χ0n) is 37.6. The molecule has 0 spiro atoms. The first kappa shape index (κ1) is 56.5. The molecular weight excluding hydrogens is 944 g/mol. The highest BCUT2D eigenvalue weighted by molar-refractivity contribution is 7.14. The second-order valence-corrected chi connectivity index (χ2v) is 19.1. The molecule has 0 radical (unpaired) electrons. The van der Waals surface area contributed by atoms with Crippen molar-refractivity contribution in [3.8, 4) is 11.5 Å². The molecule has 17 heteroatoms. The zero-order valence-corrected chi connectivity index (χ0v) is 40.8. The molecule has 2 aromatic carbocycles. The molecule has 0 aliphatic heterocycles. The molecule has 366 valence electrons. The molecule has 2 saturated carbocycles. The number of aliphatic hydroxyl groups excluding tert-OH is 1. The number of carboxylic acid groups (broad SMARTS) is 1. The van der Waals surface area contributed by atoms with E-state index in [1.54, 1.807) is 55.5 Å². The average Bonchev–Trinajstić information content (AvgIpc) is 4.10. The number of rotatable bonds is 20. The van der Waals surface area contributed by atoms with Crippen molar-refractivity contribution in [2.45, 2.75) is 106 Å². The lowest BCUT2D eigenvalue weighted by Crippen LogP contribution is -2.23. The highest BCUT2D eigenvalue weighted by atomic mass is 35.5. The minimum atomic E-state index is -0.889. The molecule has 6 rings (SSSR count). The van der Waals surface area contributed by atoms with Gasteiger partial charge in [-0.25, -0.2) is 9.59 Å². The lowest BCUT2D eigenvalue weighted by atomic mass is 9.91. The third kappa shape index (κ3) is 19.4. The molecule has 4 aromatic rings. The number of carbonyl (C=O) groups is 6. The number of Topliss-reactive ketones (excluding diaryl/α,β-unsaturated/α-hetero) is 2. The maximum absolute atomic E-state index is 12.4. The van der Waals surface area contributed by atoms with Gasteiger partial charge in [-0.05, 0) is 142 Å². The maximum Gasteiger partial charge on any atom is 0.348 e. The topological polar surface area (TPSA) is 189 Å². The molecular formula is C50H62Cl2O13S2. The summed E-state index contributed by atoms with van der Waals surface area (Å²) < 4.78 is 25.9. The van der Waals surface area contributed by atoms with E-state index in [1.165, 1.54) is 43.6 Å². The fourth-order valence-electron chi connectivity index (χ4n) is 7.87. The number of methoxy groups -OCH3 is 1. The second kappa shape index (κ2) is 29.2. The average molecular weight is 1010 g/mol. The van der Waals surface area contributed by atoms with E-state index in [9.17, 15) is 33.9 Å². The summed E-state index contributed by atoms with van der Waals surface area (Å²) >= 11 is 15.0. The van der Waals surface area contributed by atoms with Gasteiger partial charge in [0.05, 0.1) is 45.4 Å². The first-order valence-corrected chi connectivity index (χ1v) is 24.2. The largest absolute Gasteiger partial charge is 0.493 e. The van der Waals surface area contributed by atoms with Gasteiger partial charge in [0.1, 0.15) is 39.4 Å². The normalized spacial score (nSPS) is 17.2. The number of esters is 3. The van der Waals surface area contributed by atoms with Crippen molar-refractivity contribution in [1.82, 2.24) is 0 Å². The van der Waals surface area contributed by atoms with Crippen LogP contribution in [0.25, 0.3) is 0 Å². The second-order valence-electron chi connectivity index (χ2n) is 15.9. The number of hydrogen-bond acceptors (Lipinski definition) is 14. The molecule has 4 atom stereocenters. The van der Waals surface area contributed by atoms with Crippen LogP contribution in [0.5, 0.6) is 11.5 Å². The third-order valence-electron chi connectivity index (χ3n) is 11.1. The van der Waals surface area contributed by atoms with Crippen LogP contribution >= 0.6 is 45.9 Å². The Balaban J connectivity index is 0.000000314. The Morgan fingerprint density at radius 2 is 1.18 bits per heavy atom. The first-order valence-electron chi connectivity index (χ1n) is 21.9. The molecule has 0 bridgehead atoms. The highest BCUT2D eigenvalue weighted by Gasteiger charge is 2.36. The monoisotopic (exact) mass is 1000 g/mol. The minimum absolute atomic E-state index is 0. The summed E-state index contributed by atoms with van der Waals surface area (Å²) in [6, 6.07) is 17.6. The fourth-order valence-corrected chi connectivity index (χ4v) is 10.2. The summed E-state index contributed by atoms with van der Waals surface area (Å²) in [5.41, 5.74) is 1.41. The fraction of sp³-hybridized carbons (Fsp3) is 0.480. The van der Waals surface area contributed by atoms with Gasteiger partial charge in [0.25, 0.3) is 0 Å². The Hall–Kier alpha value is -4.80. The molecule has 2 fully saturated rings. The lowest BCUT2D eigenvalue weighted by Gasteiger charge is -2.19. The number of ether oxygens (including phenoxy) is 5. The van der Waals surface area contributed by atoms with Crippen molar-refractivity contribution in [2.24, 2.45) is 23.7 Å². The number of carboxylic acids is 1. The molecule has 67 heavy (non-hydrogen) atoms. The zero-order chi connectivity index (χ0) is 48.2. The number of benzene rings is 2. The maximum atomic E-state index is 12.4. The number of aromatic carboxylic acids is 1. The van der Waals surface area contributed by atoms with E-state index < -0.39 is 5.97 Å². The predicted molar refractivity (Wildman–Crippen MR) is 260 cm³/mol. The predicted octanol–water partition coefficient (Wildman–Crippen LogP) is 11.0. The van der Waals surface area contributed by atoms with Gasteiger partial charge in [0.2, 0.25) is 0 Å². The smallest absolute Gasteiger partial charge is 0.348 e. The van der Waals surface area contributed by atoms with Gasteiger partial charge < -0.3 is 33.9 Å². The van der Waals surface area contributed by atoms with Crippen LogP contribution in [0.15, 0.2) is 60.7 Å². The summed E-state index contributed by atoms with van der Waals surface area (Å²) in [4.78, 5) is 71.3. The number of thiophene rings is 2. The molecule has 2 N–H and O–H groups in total. The third-order valence-corrected chi connectivity index (χ3v) is 13.8. The SMILES string of the molecule is C.CCOC(C)=O.COC(=O)c1ccc(CCCC2CCC(=O)[C@@H]2COc2cc(Cl)cc(COC(C)=O)c2)s1.O=C(O)c1ccc(CCCC2CCC(=O)[C@@H]2COc2cc(Cl)cc(CO)c2)s1. The Bertz CT molecular complexity index is 2250. The molecule has 0 amide bonds. The summed E-state index contributed by atoms with van der Waals surface area (Å²) in [7, 11) is 1.38. The van der Waals surface area contributed by atoms with E-state index in [0.29, 0.717) is 69.5 Å². The molecule has 2 aliphatic rings. The van der Waals surface area contributed by atoms with E-state index in [1.807, 2.05) is 12.1 Å². The van der Waals surface area contributed by atoms with Gasteiger partial charge in [-0.2, -0.15) is 0 Å². The van der Waals surface area contributed by atoms with Crippen LogP contribution in [0.2, 0.25) is 10.0 Å². The van der Waals surface area contributed by atoms with Crippen molar-refractivity contribution in [3.05, 3.63) is 101 Å². The Labute approximate surface area is 411 Å². The van der Waals surface area contributed by atoms with Gasteiger partial charge in [-0.15, -0.1) is 22.7 Å². The van der Waals surface area contributed by atoms with Crippen LogP contribution in [-0.4, -0.2) is 72.6 Å². The van der Waals surface area contributed by atoms with Crippen molar-refractivity contribution in [2.75, 3.05) is 26.9 Å². The summed E-state index contributed by atoms with van der Waals surface area (Å²) in [5, 5.41) is 19.3. The van der Waals surface area contributed by atoms with Crippen LogP contribution < -0.4 is 9.47 Å². The van der Waals surface area contributed by atoms with Gasteiger partial charge in [-0.1, -0.05) is 30.6 Å². The van der Waals surface area contributed by atoms with E-state index in [-0.39, 0.29) is 73.8 Å². The number of hydrogen-bond donors (Lipinski definition) is 2. The van der Waals surface area contributed by atoms with Crippen LogP contribution in [-0.2, 0) is 59.4 Å². The lowest BCUT2D eigenvalue weighted by molar-refractivity contribution is -0.142. The standard InChI is InChI=1S/C24H27ClO6S.C21H23ClO5S.C4H8O2.CH4/c1-15(26)30-13-16-10-18(25)12-19(11-16)31-14-21-17(6-8-22(21)27)4-3-5-20-7-9-23(32-20)24(28)29-2;22-15-8-13(11-23)9-16(10-15)27-12-18-14(4-6-19(18)24)2-1-3-17-5-7-20(28-17)21(25)26;1-3-6-4(2)5;/h7,9-12,17,21H,3-6,8,13-14H2,1-2H3;5,7-10,14,18,23H,1-4,6,11-12H2,(H,25,26);3H2,1-2H3;1H4/t17?,21-;14?,18-;;/m11../s1. The van der Waals surface area contributed by atoms with E-state index in [4.69, 9.17) is 47.3 Å². The summed E-state index contributed by atoms with van der Waals surface area (Å²) in [5.74, 6) is 0.117. The van der Waals surface area contributed by atoms with Gasteiger partial charge in [0, 0.05) is 46.5 Å². The van der Waals surface area contributed by atoms with Crippen LogP contribution in [0.1, 0.15) is 120 Å².